The Labute approximate surface area is 171 Å². The van der Waals surface area contributed by atoms with Gasteiger partial charge in [0.1, 0.15) is 5.82 Å². The van der Waals surface area contributed by atoms with Gasteiger partial charge in [0.25, 0.3) is 0 Å². The van der Waals surface area contributed by atoms with E-state index >= 15 is 0 Å². The number of aromatic nitrogens is 1. The molecule has 1 aliphatic rings. The van der Waals surface area contributed by atoms with E-state index in [9.17, 15) is 12.8 Å². The maximum Gasteiger partial charge on any atom is 0.236 e. The van der Waals surface area contributed by atoms with Crippen molar-refractivity contribution < 1.29 is 17.2 Å². The van der Waals surface area contributed by atoms with Gasteiger partial charge in [0, 0.05) is 17.6 Å². The molecular formula is C20H18BrFN2O3S. The maximum atomic E-state index is 13.3. The zero-order valence-corrected chi connectivity index (χ0v) is 17.3. The summed E-state index contributed by atoms with van der Waals surface area (Å²) in [4.78, 5) is 6.28. The van der Waals surface area contributed by atoms with Crippen molar-refractivity contribution in [3.8, 4) is 11.5 Å². The van der Waals surface area contributed by atoms with E-state index in [1.165, 1.54) is 12.1 Å². The molecule has 5 nitrogen and oxygen atoms in total. The van der Waals surface area contributed by atoms with Crippen LogP contribution in [0.4, 0.5) is 10.3 Å². The molecule has 1 saturated heterocycles. The smallest absolute Gasteiger partial charge is 0.236 e. The average Bonchev–Trinajstić information content (AvgIpc) is 3.15. The Morgan fingerprint density at radius 3 is 2.36 bits per heavy atom. The Bertz CT molecular complexity index is 1090. The van der Waals surface area contributed by atoms with E-state index in [2.05, 4.69) is 20.9 Å². The van der Waals surface area contributed by atoms with Gasteiger partial charge in [-0.1, -0.05) is 12.1 Å². The SMILES string of the molecule is O=S(=O)(c1ccc(F)cc1)c1nc(-c2ccccc2Br)oc1N1CCCCC1. The Kier molecular flexibility index (Phi) is 5.25. The fourth-order valence-corrected chi connectivity index (χ4v) is 5.02. The number of sulfone groups is 1. The molecule has 2 heterocycles. The summed E-state index contributed by atoms with van der Waals surface area (Å²) in [5.74, 6) is -0.0206. The van der Waals surface area contributed by atoms with Gasteiger partial charge in [-0.05, 0) is 71.6 Å². The molecular weight excluding hydrogens is 447 g/mol. The normalized spacial score (nSPS) is 15.0. The first kappa shape index (κ1) is 19.1. The Balaban J connectivity index is 1.87. The predicted molar refractivity (Wildman–Crippen MR) is 108 cm³/mol. The van der Waals surface area contributed by atoms with Crippen LogP contribution in [0.15, 0.2) is 67.3 Å². The molecule has 0 aliphatic carbocycles. The monoisotopic (exact) mass is 464 g/mol. The molecule has 3 aromatic rings. The van der Waals surface area contributed by atoms with Crippen LogP contribution in [0, 0.1) is 5.82 Å². The van der Waals surface area contributed by atoms with Crippen LogP contribution in [-0.4, -0.2) is 26.5 Å². The summed E-state index contributed by atoms with van der Waals surface area (Å²) < 4.78 is 46.5. The predicted octanol–water partition coefficient (Wildman–Crippen LogP) is 5.07. The lowest BCUT2D eigenvalue weighted by atomic mass is 10.1. The molecule has 1 aromatic heterocycles. The van der Waals surface area contributed by atoms with Crippen molar-refractivity contribution in [2.75, 3.05) is 18.0 Å². The second-order valence-electron chi connectivity index (χ2n) is 6.61. The zero-order chi connectivity index (χ0) is 19.7. The second kappa shape index (κ2) is 7.67. The summed E-state index contributed by atoms with van der Waals surface area (Å²) in [6, 6.07) is 12.1. The van der Waals surface area contributed by atoms with Crippen LogP contribution < -0.4 is 4.90 Å². The molecule has 0 saturated carbocycles. The summed E-state index contributed by atoms with van der Waals surface area (Å²) in [5, 5.41) is -0.133. The van der Waals surface area contributed by atoms with Crippen molar-refractivity contribution in [1.82, 2.24) is 4.98 Å². The Morgan fingerprint density at radius 2 is 1.68 bits per heavy atom. The fourth-order valence-electron chi connectivity index (χ4n) is 3.25. The van der Waals surface area contributed by atoms with E-state index in [4.69, 9.17) is 4.42 Å². The van der Waals surface area contributed by atoms with E-state index in [0.717, 1.165) is 35.9 Å². The molecule has 0 N–H and O–H groups in total. The average molecular weight is 465 g/mol. The van der Waals surface area contributed by atoms with E-state index in [1.54, 1.807) is 0 Å². The number of anilines is 1. The van der Waals surface area contributed by atoms with Crippen LogP contribution in [0.3, 0.4) is 0 Å². The van der Waals surface area contributed by atoms with Crippen molar-refractivity contribution in [3.63, 3.8) is 0 Å². The molecule has 2 aromatic carbocycles. The van der Waals surface area contributed by atoms with Crippen LogP contribution in [-0.2, 0) is 9.84 Å². The van der Waals surface area contributed by atoms with E-state index in [1.807, 2.05) is 29.2 Å². The Hall–Kier alpha value is -2.19. The zero-order valence-electron chi connectivity index (χ0n) is 14.9. The van der Waals surface area contributed by atoms with E-state index < -0.39 is 15.7 Å². The first-order chi connectivity index (χ1) is 13.5. The standard InChI is InChI=1S/C20H18BrFN2O3S/c21-17-7-3-2-6-16(17)18-23-19(20(27-18)24-12-4-1-5-13-24)28(25,26)15-10-8-14(22)9-11-15/h2-3,6-11H,1,4-5,12-13H2. The van der Waals surface area contributed by atoms with E-state index in [-0.39, 0.29) is 21.7 Å². The van der Waals surface area contributed by atoms with Gasteiger partial charge >= 0.3 is 0 Å². The molecule has 0 radical (unpaired) electrons. The number of halogens is 2. The number of hydrogen-bond acceptors (Lipinski definition) is 5. The van der Waals surface area contributed by atoms with Crippen molar-refractivity contribution >= 4 is 31.7 Å². The van der Waals surface area contributed by atoms with Crippen LogP contribution in [0.25, 0.3) is 11.5 Å². The minimum absolute atomic E-state index is 0.0147. The van der Waals surface area contributed by atoms with Crippen molar-refractivity contribution in [1.29, 1.82) is 0 Å². The highest BCUT2D eigenvalue weighted by atomic mass is 79.9. The third-order valence-electron chi connectivity index (χ3n) is 4.71. The number of nitrogens with zero attached hydrogens (tertiary/aromatic N) is 2. The largest absolute Gasteiger partial charge is 0.419 e. The Morgan fingerprint density at radius 1 is 1.00 bits per heavy atom. The third kappa shape index (κ3) is 3.58. The molecule has 0 unspecified atom stereocenters. The molecule has 8 heteroatoms. The van der Waals surface area contributed by atoms with Crippen LogP contribution in [0.5, 0.6) is 0 Å². The molecule has 0 bridgehead atoms. The molecule has 1 fully saturated rings. The number of hydrogen-bond donors (Lipinski definition) is 0. The summed E-state index contributed by atoms with van der Waals surface area (Å²) in [6.07, 6.45) is 3.02. The third-order valence-corrected chi connectivity index (χ3v) is 7.06. The van der Waals surface area contributed by atoms with Crippen LogP contribution in [0.1, 0.15) is 19.3 Å². The van der Waals surface area contributed by atoms with Gasteiger partial charge in [-0.2, -0.15) is 4.98 Å². The van der Waals surface area contributed by atoms with Gasteiger partial charge in [-0.25, -0.2) is 12.8 Å². The number of benzene rings is 2. The maximum absolute atomic E-state index is 13.3. The molecule has 146 valence electrons. The van der Waals surface area contributed by atoms with Gasteiger partial charge in [0.05, 0.1) is 10.5 Å². The lowest BCUT2D eigenvalue weighted by Crippen LogP contribution is -2.30. The van der Waals surface area contributed by atoms with Gasteiger partial charge in [0.2, 0.25) is 26.6 Å². The quantitative estimate of drug-likeness (QED) is 0.504. The van der Waals surface area contributed by atoms with Crippen molar-refractivity contribution in [2.24, 2.45) is 0 Å². The lowest BCUT2D eigenvalue weighted by molar-refractivity contribution is 0.499. The highest BCUT2D eigenvalue weighted by Crippen LogP contribution is 2.37. The summed E-state index contributed by atoms with van der Waals surface area (Å²) >= 11 is 3.46. The van der Waals surface area contributed by atoms with Gasteiger partial charge in [0.15, 0.2) is 0 Å². The van der Waals surface area contributed by atoms with E-state index in [0.29, 0.717) is 18.7 Å². The minimum atomic E-state index is -3.96. The molecule has 0 atom stereocenters. The number of piperidine rings is 1. The summed E-state index contributed by atoms with van der Waals surface area (Å²) in [7, 11) is -3.96. The van der Waals surface area contributed by atoms with Crippen molar-refractivity contribution in [3.05, 3.63) is 58.8 Å². The molecule has 4 rings (SSSR count). The molecule has 0 spiro atoms. The first-order valence-corrected chi connectivity index (χ1v) is 11.3. The van der Waals surface area contributed by atoms with Gasteiger partial charge < -0.3 is 9.32 Å². The topological polar surface area (TPSA) is 63.4 Å². The highest BCUT2D eigenvalue weighted by Gasteiger charge is 2.32. The highest BCUT2D eigenvalue weighted by molar-refractivity contribution is 9.10. The molecule has 28 heavy (non-hydrogen) atoms. The molecule has 0 amide bonds. The second-order valence-corrected chi connectivity index (χ2v) is 9.33. The van der Waals surface area contributed by atoms with Crippen LogP contribution >= 0.6 is 15.9 Å². The fraction of sp³-hybridized carbons (Fsp3) is 0.250. The first-order valence-electron chi connectivity index (χ1n) is 8.98. The van der Waals surface area contributed by atoms with Crippen LogP contribution in [0.2, 0.25) is 0 Å². The lowest BCUT2D eigenvalue weighted by Gasteiger charge is -2.26. The van der Waals surface area contributed by atoms with Crippen molar-refractivity contribution in [2.45, 2.75) is 29.2 Å². The number of rotatable bonds is 4. The summed E-state index contributed by atoms with van der Waals surface area (Å²) in [6.45, 7) is 1.41. The minimum Gasteiger partial charge on any atom is -0.419 e. The molecule has 1 aliphatic heterocycles. The number of oxazole rings is 1. The van der Waals surface area contributed by atoms with Gasteiger partial charge in [-0.15, -0.1) is 0 Å². The van der Waals surface area contributed by atoms with Gasteiger partial charge in [-0.3, -0.25) is 0 Å². The summed E-state index contributed by atoms with van der Waals surface area (Å²) in [5.41, 5.74) is 0.668.